The summed E-state index contributed by atoms with van der Waals surface area (Å²) in [6.45, 7) is 5.92. The van der Waals surface area contributed by atoms with E-state index in [2.05, 4.69) is 10.2 Å². The van der Waals surface area contributed by atoms with Crippen LogP contribution in [0.5, 0.6) is 0 Å². The van der Waals surface area contributed by atoms with Crippen molar-refractivity contribution in [1.82, 2.24) is 10.2 Å². The van der Waals surface area contributed by atoms with E-state index in [0.29, 0.717) is 10.9 Å². The van der Waals surface area contributed by atoms with Crippen LogP contribution in [0.4, 0.5) is 4.39 Å². The van der Waals surface area contributed by atoms with Crippen molar-refractivity contribution >= 4 is 10.9 Å². The van der Waals surface area contributed by atoms with Crippen LogP contribution in [0.1, 0.15) is 19.4 Å². The molecule has 0 amide bonds. The van der Waals surface area contributed by atoms with Crippen LogP contribution >= 0.6 is 0 Å². The van der Waals surface area contributed by atoms with Crippen LogP contribution in [-0.4, -0.2) is 10.2 Å². The van der Waals surface area contributed by atoms with Gasteiger partial charge in [-0.25, -0.2) is 0 Å². The van der Waals surface area contributed by atoms with Crippen LogP contribution in [0.3, 0.4) is 0 Å². The molecule has 3 heteroatoms. The second kappa shape index (κ2) is 4.03. The lowest BCUT2D eigenvalue weighted by atomic mass is 10.2. The summed E-state index contributed by atoms with van der Waals surface area (Å²) < 4.78 is 12.8. The minimum atomic E-state index is -0.358. The van der Waals surface area contributed by atoms with Gasteiger partial charge in [-0.3, -0.25) is 5.10 Å². The van der Waals surface area contributed by atoms with Crippen LogP contribution in [0.25, 0.3) is 10.9 Å². The van der Waals surface area contributed by atoms with Crippen LogP contribution in [-0.2, 0) is 0 Å². The van der Waals surface area contributed by atoms with E-state index in [1.54, 1.807) is 12.1 Å². The maximum atomic E-state index is 12.8. The molecule has 70 valence electrons. The van der Waals surface area contributed by atoms with E-state index in [1.165, 1.54) is 0 Å². The fraction of sp³-hybridized carbons (Fsp3) is 0.300. The third-order valence-electron chi connectivity index (χ3n) is 1.66. The smallest absolute Gasteiger partial charge is 0.216 e. The van der Waals surface area contributed by atoms with Gasteiger partial charge >= 0.3 is 0 Å². The number of H-pyrrole nitrogens is 1. The number of aromatic amines is 1. The number of rotatable bonds is 0. The molecule has 0 bridgehead atoms. The second-order valence-electron chi connectivity index (χ2n) is 2.56. The van der Waals surface area contributed by atoms with E-state index in [9.17, 15) is 4.39 Å². The molecule has 1 aromatic carbocycles. The van der Waals surface area contributed by atoms with Gasteiger partial charge in [-0.1, -0.05) is 25.5 Å². The van der Waals surface area contributed by atoms with Gasteiger partial charge in [0.05, 0.1) is 10.9 Å². The first-order valence-corrected chi connectivity index (χ1v) is 4.37. The molecule has 1 N–H and O–H groups in total. The van der Waals surface area contributed by atoms with Crippen LogP contribution in [0.15, 0.2) is 18.2 Å². The van der Waals surface area contributed by atoms with E-state index in [-0.39, 0.29) is 5.95 Å². The van der Waals surface area contributed by atoms with Gasteiger partial charge in [0.15, 0.2) is 0 Å². The highest BCUT2D eigenvalue weighted by atomic mass is 19.1. The van der Waals surface area contributed by atoms with Gasteiger partial charge < -0.3 is 0 Å². The summed E-state index contributed by atoms with van der Waals surface area (Å²) in [7, 11) is 0. The first-order chi connectivity index (χ1) is 6.27. The number of nitrogens with zero attached hydrogens (tertiary/aromatic N) is 1. The highest BCUT2D eigenvalue weighted by Crippen LogP contribution is 2.15. The summed E-state index contributed by atoms with van der Waals surface area (Å²) >= 11 is 0. The summed E-state index contributed by atoms with van der Waals surface area (Å²) in [6, 6.07) is 5.47. The van der Waals surface area contributed by atoms with Crippen molar-refractivity contribution in [2.45, 2.75) is 20.8 Å². The molecule has 0 aliphatic carbocycles. The number of benzene rings is 1. The molecule has 0 saturated heterocycles. The Morgan fingerprint density at radius 2 is 2.00 bits per heavy atom. The molecule has 0 aliphatic heterocycles. The molecule has 0 radical (unpaired) electrons. The lowest BCUT2D eigenvalue weighted by Crippen LogP contribution is -1.73. The van der Waals surface area contributed by atoms with Crippen LogP contribution in [0.2, 0.25) is 0 Å². The van der Waals surface area contributed by atoms with Gasteiger partial charge in [0.1, 0.15) is 0 Å². The Hall–Kier alpha value is -1.38. The molecular formula is C10H13FN2. The van der Waals surface area contributed by atoms with Crippen molar-refractivity contribution < 1.29 is 4.39 Å². The number of nitrogens with one attached hydrogen (secondary N) is 1. The van der Waals surface area contributed by atoms with Gasteiger partial charge in [0.2, 0.25) is 5.95 Å². The first kappa shape index (κ1) is 9.71. The molecule has 2 aromatic rings. The molecule has 1 aromatic heterocycles. The van der Waals surface area contributed by atoms with Crippen molar-refractivity contribution in [3.8, 4) is 0 Å². The van der Waals surface area contributed by atoms with E-state index in [4.69, 9.17) is 0 Å². The zero-order valence-corrected chi connectivity index (χ0v) is 8.06. The number of fused-ring (bicyclic) bond motifs is 1. The first-order valence-electron chi connectivity index (χ1n) is 4.37. The van der Waals surface area contributed by atoms with Crippen molar-refractivity contribution in [2.75, 3.05) is 0 Å². The molecule has 0 atom stereocenters. The Morgan fingerprint density at radius 1 is 1.31 bits per heavy atom. The third-order valence-corrected chi connectivity index (χ3v) is 1.66. The number of halogens is 1. The molecule has 2 rings (SSSR count). The Bertz CT molecular complexity index is 393. The van der Waals surface area contributed by atoms with Crippen LogP contribution < -0.4 is 0 Å². The zero-order chi connectivity index (χ0) is 9.84. The monoisotopic (exact) mass is 180 g/mol. The second-order valence-corrected chi connectivity index (χ2v) is 2.56. The number of hydrogen-bond acceptors (Lipinski definition) is 1. The topological polar surface area (TPSA) is 28.7 Å². The normalized spacial score (nSPS) is 9.54. The Labute approximate surface area is 76.8 Å². The maximum absolute atomic E-state index is 12.8. The molecule has 0 spiro atoms. The third kappa shape index (κ3) is 1.86. The fourth-order valence-electron chi connectivity index (χ4n) is 1.09. The van der Waals surface area contributed by atoms with Crippen molar-refractivity contribution in [3.05, 3.63) is 29.7 Å². The fourth-order valence-corrected chi connectivity index (χ4v) is 1.09. The summed E-state index contributed by atoms with van der Waals surface area (Å²) in [6.07, 6.45) is 0. The van der Waals surface area contributed by atoms with Gasteiger partial charge in [0, 0.05) is 0 Å². The van der Waals surface area contributed by atoms with E-state index in [1.807, 2.05) is 26.8 Å². The highest BCUT2D eigenvalue weighted by molar-refractivity contribution is 5.79. The summed E-state index contributed by atoms with van der Waals surface area (Å²) in [5, 5.41) is 6.61. The minimum absolute atomic E-state index is 0.358. The van der Waals surface area contributed by atoms with Crippen LogP contribution in [0, 0.1) is 12.9 Å². The molecule has 0 unspecified atom stereocenters. The van der Waals surface area contributed by atoms with E-state index < -0.39 is 0 Å². The molecule has 2 nitrogen and oxygen atoms in total. The molecule has 0 saturated carbocycles. The van der Waals surface area contributed by atoms with E-state index >= 15 is 0 Å². The van der Waals surface area contributed by atoms with Crippen molar-refractivity contribution in [3.63, 3.8) is 0 Å². The Kier molecular flexibility index (Phi) is 3.01. The largest absolute Gasteiger partial charge is 0.252 e. The number of aromatic nitrogens is 2. The average molecular weight is 180 g/mol. The SMILES string of the molecule is CC.Cc1ccc2n[nH]c(F)c2c1. The summed E-state index contributed by atoms with van der Waals surface area (Å²) in [5.41, 5.74) is 1.71. The summed E-state index contributed by atoms with van der Waals surface area (Å²) in [5.74, 6) is -0.358. The highest BCUT2D eigenvalue weighted by Gasteiger charge is 2.02. The molecular weight excluding hydrogens is 167 g/mol. The van der Waals surface area contributed by atoms with Gasteiger partial charge in [-0.05, 0) is 19.1 Å². The molecule has 1 heterocycles. The van der Waals surface area contributed by atoms with Crippen molar-refractivity contribution in [2.24, 2.45) is 0 Å². The number of aryl methyl sites for hydroxylation is 1. The predicted molar refractivity (Wildman–Crippen MR) is 52.1 cm³/mol. The Morgan fingerprint density at radius 3 is 2.69 bits per heavy atom. The van der Waals surface area contributed by atoms with Gasteiger partial charge in [0.25, 0.3) is 0 Å². The van der Waals surface area contributed by atoms with Gasteiger partial charge in [-0.15, -0.1) is 0 Å². The van der Waals surface area contributed by atoms with Crippen molar-refractivity contribution in [1.29, 1.82) is 0 Å². The standard InChI is InChI=1S/C8H7FN2.C2H6/c1-5-2-3-7-6(4-5)8(9)11-10-7;1-2/h2-4H,1H3,(H,10,11);1-2H3. The zero-order valence-electron chi connectivity index (χ0n) is 8.06. The van der Waals surface area contributed by atoms with Gasteiger partial charge in [-0.2, -0.15) is 9.49 Å². The minimum Gasteiger partial charge on any atom is -0.252 e. The quantitative estimate of drug-likeness (QED) is 0.663. The lowest BCUT2D eigenvalue weighted by molar-refractivity contribution is 0.588. The molecule has 0 fully saturated rings. The predicted octanol–water partition coefficient (Wildman–Crippen LogP) is 3.04. The average Bonchev–Trinajstić information content (AvgIpc) is 2.52. The number of hydrogen-bond donors (Lipinski definition) is 1. The molecule has 0 aliphatic rings. The summed E-state index contributed by atoms with van der Waals surface area (Å²) in [4.78, 5) is 0. The lowest BCUT2D eigenvalue weighted by Gasteiger charge is -1.89. The maximum Gasteiger partial charge on any atom is 0.216 e. The van der Waals surface area contributed by atoms with E-state index in [0.717, 1.165) is 5.56 Å². The Balaban J connectivity index is 0.000000396. The molecule has 13 heavy (non-hydrogen) atoms.